The molecule has 0 saturated heterocycles. The number of hydrogen-bond acceptors (Lipinski definition) is 4. The van der Waals surface area contributed by atoms with Gasteiger partial charge < -0.3 is 10.0 Å². The third-order valence-corrected chi connectivity index (χ3v) is 2.43. The molecule has 0 aromatic carbocycles. The maximum Gasteiger partial charge on any atom is 1.00 e. The van der Waals surface area contributed by atoms with Crippen LogP contribution in [0.15, 0.2) is 0 Å². The Morgan fingerprint density at radius 2 is 1.44 bits per heavy atom. The molecule has 7 heteroatoms. The van der Waals surface area contributed by atoms with Crippen molar-refractivity contribution in [3.8, 4) is 0 Å². The predicted octanol–water partition coefficient (Wildman–Crippen LogP) is -1.61. The minimum atomic E-state index is -4.48. The summed E-state index contributed by atoms with van der Waals surface area (Å²) in [5.74, 6) is 0. The van der Waals surface area contributed by atoms with Gasteiger partial charge in [0.1, 0.15) is 0 Å². The van der Waals surface area contributed by atoms with Crippen LogP contribution in [0.25, 0.3) is 0 Å². The van der Waals surface area contributed by atoms with E-state index in [1.165, 1.54) is 25.7 Å². The van der Waals surface area contributed by atoms with Crippen molar-refractivity contribution in [3.05, 3.63) is 0 Å². The Hall–Kier alpha value is 1.47. The fourth-order valence-electron chi connectivity index (χ4n) is 1.22. The van der Waals surface area contributed by atoms with E-state index in [1.54, 1.807) is 0 Å². The zero-order valence-electron chi connectivity index (χ0n) is 10.2. The van der Waals surface area contributed by atoms with E-state index in [1.807, 2.05) is 0 Å². The van der Waals surface area contributed by atoms with E-state index in [4.69, 9.17) is 0 Å². The van der Waals surface area contributed by atoms with Gasteiger partial charge in [0.2, 0.25) is 10.4 Å². The van der Waals surface area contributed by atoms with Crippen molar-refractivity contribution in [2.45, 2.75) is 51.9 Å². The standard InChI is InChI=1S/C9H20O4S.K.H2O/c1-2-3-4-5-6-7-8-9-13-14(10,11)12;;/h2-9H2,1H3,(H,10,11,12);;1H2/q;+1;/p-1. The van der Waals surface area contributed by atoms with Gasteiger partial charge in [0.25, 0.3) is 0 Å². The molecule has 0 aromatic rings. The van der Waals surface area contributed by atoms with E-state index in [2.05, 4.69) is 11.1 Å². The minimum absolute atomic E-state index is 0. The molecule has 0 bridgehead atoms. The second-order valence-electron chi connectivity index (χ2n) is 3.35. The van der Waals surface area contributed by atoms with Crippen LogP contribution in [0.5, 0.6) is 0 Å². The summed E-state index contributed by atoms with van der Waals surface area (Å²) in [6.07, 6.45) is 7.55. The van der Waals surface area contributed by atoms with Gasteiger partial charge in [0, 0.05) is 0 Å². The van der Waals surface area contributed by atoms with Crippen LogP contribution in [0.4, 0.5) is 0 Å². The molecule has 0 rings (SSSR count). The van der Waals surface area contributed by atoms with Crippen LogP contribution >= 0.6 is 0 Å². The summed E-state index contributed by atoms with van der Waals surface area (Å²) < 4.78 is 34.2. The Kier molecular flexibility index (Phi) is 20.5. The summed E-state index contributed by atoms with van der Waals surface area (Å²) in [6.45, 7) is 2.19. The van der Waals surface area contributed by atoms with Gasteiger partial charge in [-0.2, -0.15) is 0 Å². The molecule has 5 nitrogen and oxygen atoms in total. The fraction of sp³-hybridized carbons (Fsp3) is 1.00. The molecule has 0 fully saturated rings. The van der Waals surface area contributed by atoms with Gasteiger partial charge >= 0.3 is 51.4 Å². The normalized spacial score (nSPS) is 10.4. The third kappa shape index (κ3) is 20.8. The molecule has 0 aliphatic heterocycles. The molecule has 94 valence electrons. The number of rotatable bonds is 9. The first-order chi connectivity index (χ1) is 6.56. The van der Waals surface area contributed by atoms with Crippen LogP contribution in [-0.4, -0.2) is 25.1 Å². The topological polar surface area (TPSA) is 97.9 Å². The van der Waals surface area contributed by atoms with Crippen molar-refractivity contribution < 1.29 is 74.0 Å². The zero-order valence-corrected chi connectivity index (χ0v) is 14.1. The Morgan fingerprint density at radius 3 is 1.88 bits per heavy atom. The van der Waals surface area contributed by atoms with E-state index >= 15 is 0 Å². The largest absolute Gasteiger partial charge is 1.00 e. The van der Waals surface area contributed by atoms with Crippen molar-refractivity contribution in [2.24, 2.45) is 0 Å². The molecule has 2 N–H and O–H groups in total. The van der Waals surface area contributed by atoms with E-state index in [-0.39, 0.29) is 63.5 Å². The molecule has 0 aromatic heterocycles. The molecule has 0 unspecified atom stereocenters. The van der Waals surface area contributed by atoms with Gasteiger partial charge in [-0.25, -0.2) is 8.42 Å². The summed E-state index contributed by atoms with van der Waals surface area (Å²) in [6, 6.07) is 0. The van der Waals surface area contributed by atoms with Crippen LogP contribution in [0.1, 0.15) is 51.9 Å². The molecular weight excluding hydrogens is 259 g/mol. The monoisotopic (exact) mass is 280 g/mol. The molecule has 16 heavy (non-hydrogen) atoms. The SMILES string of the molecule is CCCCCCCCCOS(=O)(=O)[O-].O.[K+]. The molecule has 0 atom stereocenters. The van der Waals surface area contributed by atoms with E-state index < -0.39 is 10.4 Å². The molecule has 0 amide bonds. The Morgan fingerprint density at radius 1 is 1.00 bits per heavy atom. The quantitative estimate of drug-likeness (QED) is 0.220. The van der Waals surface area contributed by atoms with Gasteiger partial charge in [-0.3, -0.25) is 4.18 Å². The smallest absolute Gasteiger partial charge is 0.726 e. The summed E-state index contributed by atoms with van der Waals surface area (Å²) in [5, 5.41) is 0. The minimum Gasteiger partial charge on any atom is -0.726 e. The Bertz CT molecular complexity index is 218. The van der Waals surface area contributed by atoms with Gasteiger partial charge in [-0.1, -0.05) is 45.4 Å². The summed E-state index contributed by atoms with van der Waals surface area (Å²) in [5.41, 5.74) is 0. The second-order valence-corrected chi connectivity index (χ2v) is 4.40. The van der Waals surface area contributed by atoms with Gasteiger partial charge in [-0.05, 0) is 6.42 Å². The van der Waals surface area contributed by atoms with E-state index in [0.717, 1.165) is 12.8 Å². The number of unbranched alkanes of at least 4 members (excludes halogenated alkanes) is 6. The van der Waals surface area contributed by atoms with Crippen LogP contribution in [0, 0.1) is 0 Å². The van der Waals surface area contributed by atoms with Crippen molar-refractivity contribution in [1.29, 1.82) is 0 Å². The zero-order chi connectivity index (χ0) is 10.9. The molecule has 0 spiro atoms. The molecule has 0 aliphatic rings. The van der Waals surface area contributed by atoms with Gasteiger partial charge in [-0.15, -0.1) is 0 Å². The van der Waals surface area contributed by atoms with Crippen LogP contribution in [0.3, 0.4) is 0 Å². The molecule has 0 heterocycles. The average Bonchev–Trinajstić information content (AvgIpc) is 2.08. The summed E-state index contributed by atoms with van der Waals surface area (Å²) >= 11 is 0. The second kappa shape index (κ2) is 14.5. The molecule has 0 saturated carbocycles. The summed E-state index contributed by atoms with van der Waals surface area (Å²) in [7, 11) is -4.48. The first kappa shape index (κ1) is 22.6. The molecule has 0 radical (unpaired) electrons. The van der Waals surface area contributed by atoms with Gasteiger partial charge in [0.15, 0.2) is 0 Å². The maximum absolute atomic E-state index is 10.0. The average molecular weight is 280 g/mol. The van der Waals surface area contributed by atoms with Crippen molar-refractivity contribution in [2.75, 3.05) is 6.61 Å². The van der Waals surface area contributed by atoms with E-state index in [9.17, 15) is 13.0 Å². The van der Waals surface area contributed by atoms with Crippen molar-refractivity contribution in [1.82, 2.24) is 0 Å². The number of hydrogen-bond donors (Lipinski definition) is 0. The van der Waals surface area contributed by atoms with Crippen LogP contribution in [-0.2, 0) is 14.6 Å². The van der Waals surface area contributed by atoms with Gasteiger partial charge in [0.05, 0.1) is 6.61 Å². The van der Waals surface area contributed by atoms with E-state index in [0.29, 0.717) is 6.42 Å². The molecular formula is C9H21KO5S. The van der Waals surface area contributed by atoms with Crippen molar-refractivity contribution >= 4 is 10.4 Å². The third-order valence-electron chi connectivity index (χ3n) is 1.98. The maximum atomic E-state index is 10.0. The Labute approximate surface area is 141 Å². The Balaban J connectivity index is -0.000000845. The first-order valence-electron chi connectivity index (χ1n) is 5.16. The predicted molar refractivity (Wildman–Crippen MR) is 57.3 cm³/mol. The molecule has 0 aliphatic carbocycles. The fourth-order valence-corrected chi connectivity index (χ4v) is 1.54. The van der Waals surface area contributed by atoms with Crippen LogP contribution < -0.4 is 51.4 Å². The summed E-state index contributed by atoms with van der Waals surface area (Å²) in [4.78, 5) is 0. The van der Waals surface area contributed by atoms with Crippen LogP contribution in [0.2, 0.25) is 0 Å². The first-order valence-corrected chi connectivity index (χ1v) is 6.50. The van der Waals surface area contributed by atoms with Crippen molar-refractivity contribution in [3.63, 3.8) is 0 Å².